The normalized spacial score (nSPS) is 9.64. The summed E-state index contributed by atoms with van der Waals surface area (Å²) < 4.78 is 0. The van der Waals surface area contributed by atoms with E-state index in [2.05, 4.69) is 10.6 Å². The van der Waals surface area contributed by atoms with Crippen molar-refractivity contribution >= 4 is 34.6 Å². The van der Waals surface area contributed by atoms with Gasteiger partial charge in [-0.25, -0.2) is 0 Å². The highest BCUT2D eigenvalue weighted by Gasteiger charge is 2.01. The molecule has 0 aliphatic rings. The minimum absolute atomic E-state index is 0.596. The van der Waals surface area contributed by atoms with Crippen LogP contribution in [0.2, 0.25) is 5.02 Å². The number of nitrogens with one attached hydrogen (secondary N) is 2. The van der Waals surface area contributed by atoms with Crippen molar-refractivity contribution in [1.29, 1.82) is 0 Å². The van der Waals surface area contributed by atoms with E-state index >= 15 is 0 Å². The van der Waals surface area contributed by atoms with Gasteiger partial charge in [0.1, 0.15) is 0 Å². The number of anilines is 1. The van der Waals surface area contributed by atoms with Gasteiger partial charge in [0.05, 0.1) is 10.7 Å². The average Bonchev–Trinajstić information content (AvgIpc) is 2.10. The molecule has 0 bridgehead atoms. The lowest BCUT2D eigenvalue weighted by Gasteiger charge is -2.10. The van der Waals surface area contributed by atoms with Gasteiger partial charge in [-0.2, -0.15) is 0 Å². The van der Waals surface area contributed by atoms with Crippen LogP contribution in [0.1, 0.15) is 12.5 Å². The number of thiocarbonyl (C=S) groups is 1. The molecular formula is C10H13ClN2S. The van der Waals surface area contributed by atoms with Crippen molar-refractivity contribution in [3.8, 4) is 0 Å². The Morgan fingerprint density at radius 2 is 2.21 bits per heavy atom. The molecule has 0 spiro atoms. The van der Waals surface area contributed by atoms with Crippen LogP contribution >= 0.6 is 23.8 Å². The lowest BCUT2D eigenvalue weighted by molar-refractivity contribution is 0.979. The third-order valence-corrected chi connectivity index (χ3v) is 2.27. The van der Waals surface area contributed by atoms with Crippen molar-refractivity contribution in [2.45, 2.75) is 13.8 Å². The second-order valence-electron chi connectivity index (χ2n) is 2.97. The molecule has 0 saturated heterocycles. The van der Waals surface area contributed by atoms with Crippen LogP contribution in [0.15, 0.2) is 18.2 Å². The summed E-state index contributed by atoms with van der Waals surface area (Å²) in [6, 6.07) is 5.81. The Bertz CT molecular complexity index is 339. The molecule has 1 aromatic rings. The fourth-order valence-corrected chi connectivity index (χ4v) is 1.59. The van der Waals surface area contributed by atoms with Crippen molar-refractivity contribution in [2.75, 3.05) is 11.9 Å². The zero-order valence-electron chi connectivity index (χ0n) is 8.23. The van der Waals surface area contributed by atoms with E-state index < -0.39 is 0 Å². The number of hydrogen-bond acceptors (Lipinski definition) is 1. The molecule has 0 radical (unpaired) electrons. The van der Waals surface area contributed by atoms with Crippen LogP contribution in [0.3, 0.4) is 0 Å². The van der Waals surface area contributed by atoms with Gasteiger partial charge in [0, 0.05) is 6.54 Å². The summed E-state index contributed by atoms with van der Waals surface area (Å²) >= 11 is 11.1. The molecule has 0 aliphatic carbocycles. The molecule has 2 N–H and O–H groups in total. The quantitative estimate of drug-likeness (QED) is 0.762. The van der Waals surface area contributed by atoms with Crippen molar-refractivity contribution in [3.05, 3.63) is 28.8 Å². The van der Waals surface area contributed by atoms with Gasteiger partial charge in [-0.05, 0) is 43.8 Å². The van der Waals surface area contributed by atoms with E-state index in [-0.39, 0.29) is 0 Å². The minimum atomic E-state index is 0.596. The number of benzene rings is 1. The molecule has 0 atom stereocenters. The fourth-order valence-electron chi connectivity index (χ4n) is 1.05. The van der Waals surface area contributed by atoms with Gasteiger partial charge in [-0.15, -0.1) is 0 Å². The zero-order valence-corrected chi connectivity index (χ0v) is 9.80. The summed E-state index contributed by atoms with van der Waals surface area (Å²) in [5.74, 6) is 0. The molecule has 0 saturated carbocycles. The molecule has 4 heteroatoms. The Morgan fingerprint density at radius 1 is 1.50 bits per heavy atom. The van der Waals surface area contributed by atoms with Gasteiger partial charge in [-0.3, -0.25) is 0 Å². The first-order valence-corrected chi connectivity index (χ1v) is 5.23. The highest BCUT2D eigenvalue weighted by atomic mass is 35.5. The molecule has 1 rings (SSSR count). The Hall–Kier alpha value is -0.800. The number of halogens is 1. The predicted molar refractivity (Wildman–Crippen MR) is 66.1 cm³/mol. The smallest absolute Gasteiger partial charge is 0.170 e. The second kappa shape index (κ2) is 5.17. The van der Waals surface area contributed by atoms with Crippen molar-refractivity contribution < 1.29 is 0 Å². The predicted octanol–water partition coefficient (Wildman–Crippen LogP) is 2.95. The molecule has 1 aromatic carbocycles. The van der Waals surface area contributed by atoms with E-state index in [4.69, 9.17) is 23.8 Å². The van der Waals surface area contributed by atoms with Crippen molar-refractivity contribution in [3.63, 3.8) is 0 Å². The minimum Gasteiger partial charge on any atom is -0.363 e. The summed E-state index contributed by atoms with van der Waals surface area (Å²) in [6.07, 6.45) is 0. The molecule has 0 amide bonds. The highest BCUT2D eigenvalue weighted by molar-refractivity contribution is 7.80. The van der Waals surface area contributed by atoms with E-state index in [9.17, 15) is 0 Å². The maximum atomic E-state index is 6.02. The van der Waals surface area contributed by atoms with Crippen LogP contribution in [0.5, 0.6) is 0 Å². The first-order valence-electron chi connectivity index (χ1n) is 4.44. The first-order chi connectivity index (χ1) is 6.63. The Balaban J connectivity index is 2.72. The molecule has 14 heavy (non-hydrogen) atoms. The first kappa shape index (κ1) is 11.3. The Morgan fingerprint density at radius 3 is 2.79 bits per heavy atom. The largest absolute Gasteiger partial charge is 0.363 e. The van der Waals surface area contributed by atoms with Gasteiger partial charge < -0.3 is 10.6 Å². The van der Waals surface area contributed by atoms with E-state index in [1.54, 1.807) is 0 Å². The summed E-state index contributed by atoms with van der Waals surface area (Å²) in [6.45, 7) is 4.79. The summed E-state index contributed by atoms with van der Waals surface area (Å²) in [7, 11) is 0. The van der Waals surface area contributed by atoms with E-state index in [1.807, 2.05) is 32.0 Å². The lowest BCUT2D eigenvalue weighted by atomic mass is 10.2. The van der Waals surface area contributed by atoms with E-state index in [1.165, 1.54) is 0 Å². The number of aryl methyl sites for hydroxylation is 1. The molecule has 76 valence electrons. The third-order valence-electron chi connectivity index (χ3n) is 1.71. The SMILES string of the molecule is CCNC(=S)Nc1ccc(C)cc1Cl. The lowest BCUT2D eigenvalue weighted by Crippen LogP contribution is -2.27. The number of hydrogen-bond donors (Lipinski definition) is 2. The van der Waals surface area contributed by atoms with Crippen LogP contribution in [0.4, 0.5) is 5.69 Å². The summed E-state index contributed by atoms with van der Waals surface area (Å²) in [5, 5.41) is 7.31. The average molecular weight is 229 g/mol. The van der Waals surface area contributed by atoms with Gasteiger partial charge >= 0.3 is 0 Å². The van der Waals surface area contributed by atoms with Crippen LogP contribution in [-0.2, 0) is 0 Å². The van der Waals surface area contributed by atoms with Crippen LogP contribution in [0.25, 0.3) is 0 Å². The molecule has 0 aromatic heterocycles. The second-order valence-corrected chi connectivity index (χ2v) is 3.78. The standard InChI is InChI=1S/C10H13ClN2S/c1-3-12-10(14)13-9-5-4-7(2)6-8(9)11/h4-6H,3H2,1-2H3,(H2,12,13,14). The van der Waals surface area contributed by atoms with Gasteiger partial charge in [0.2, 0.25) is 0 Å². The Labute approximate surface area is 94.7 Å². The van der Waals surface area contributed by atoms with Crippen LogP contribution < -0.4 is 10.6 Å². The monoisotopic (exact) mass is 228 g/mol. The van der Waals surface area contributed by atoms with Gasteiger partial charge in [0.25, 0.3) is 0 Å². The summed E-state index contributed by atoms with van der Waals surface area (Å²) in [4.78, 5) is 0. The molecular weight excluding hydrogens is 216 g/mol. The molecule has 2 nitrogen and oxygen atoms in total. The third kappa shape index (κ3) is 3.16. The van der Waals surface area contributed by atoms with Crippen LogP contribution in [-0.4, -0.2) is 11.7 Å². The molecule has 0 unspecified atom stereocenters. The summed E-state index contributed by atoms with van der Waals surface area (Å²) in [5.41, 5.74) is 1.97. The highest BCUT2D eigenvalue weighted by Crippen LogP contribution is 2.22. The zero-order chi connectivity index (χ0) is 10.6. The topological polar surface area (TPSA) is 24.1 Å². The maximum absolute atomic E-state index is 6.02. The van der Waals surface area contributed by atoms with E-state index in [0.717, 1.165) is 17.8 Å². The number of rotatable bonds is 2. The molecule has 0 heterocycles. The van der Waals surface area contributed by atoms with E-state index in [0.29, 0.717) is 10.1 Å². The maximum Gasteiger partial charge on any atom is 0.170 e. The fraction of sp³-hybridized carbons (Fsp3) is 0.300. The van der Waals surface area contributed by atoms with Crippen LogP contribution in [0, 0.1) is 6.92 Å². The van der Waals surface area contributed by atoms with Crippen molar-refractivity contribution in [1.82, 2.24) is 5.32 Å². The van der Waals surface area contributed by atoms with Crippen molar-refractivity contribution in [2.24, 2.45) is 0 Å². The van der Waals surface area contributed by atoms with Gasteiger partial charge in [-0.1, -0.05) is 17.7 Å². The molecule has 0 fully saturated rings. The van der Waals surface area contributed by atoms with Gasteiger partial charge in [0.15, 0.2) is 5.11 Å². The molecule has 0 aliphatic heterocycles. The Kier molecular flexibility index (Phi) is 4.17.